The van der Waals surface area contributed by atoms with Crippen LogP contribution in [-0.4, -0.2) is 7.25 Å². The van der Waals surface area contributed by atoms with Gasteiger partial charge in [0.05, 0.1) is 0 Å². The monoisotopic (exact) mass is 400 g/mol. The molecule has 0 aliphatic carbocycles. The Morgan fingerprint density at radius 1 is 0.643 bits per heavy atom. The molecule has 0 nitrogen and oxygen atoms in total. The standard InChI is InChI=1S/C22H17S.BF4/c1-2-23-21-10-6-5-9-18(21)20-13-16-12-11-15-7-3-4-8-17(15)19(16)14-22(20)23;2-1(3,4)5/h3-14H,2H2,1H3;/q+1;-1. The number of hydrogen-bond donors (Lipinski definition) is 0. The Labute approximate surface area is 162 Å². The molecule has 6 heteroatoms. The van der Waals surface area contributed by atoms with E-state index >= 15 is 0 Å². The highest BCUT2D eigenvalue weighted by Gasteiger charge is 2.21. The number of thiophene rings is 1. The summed E-state index contributed by atoms with van der Waals surface area (Å²) < 4.78 is 42.0. The lowest BCUT2D eigenvalue weighted by atomic mass is 10.0. The van der Waals surface area contributed by atoms with Gasteiger partial charge in [0, 0.05) is 16.8 Å². The second-order valence-electron chi connectivity index (χ2n) is 6.53. The molecule has 0 spiro atoms. The number of benzene rings is 4. The van der Waals surface area contributed by atoms with Crippen molar-refractivity contribution in [1.29, 1.82) is 0 Å². The van der Waals surface area contributed by atoms with Gasteiger partial charge in [-0.05, 0) is 57.1 Å². The third-order valence-corrected chi connectivity index (χ3v) is 7.17. The topological polar surface area (TPSA) is 0 Å². The smallest absolute Gasteiger partial charge is 0.418 e. The van der Waals surface area contributed by atoms with E-state index in [0.717, 1.165) is 0 Å². The minimum Gasteiger partial charge on any atom is -0.418 e. The summed E-state index contributed by atoms with van der Waals surface area (Å²) in [5, 5.41) is 8.30. The van der Waals surface area contributed by atoms with Gasteiger partial charge in [0.1, 0.15) is 5.75 Å². The summed E-state index contributed by atoms with van der Waals surface area (Å²) in [6, 6.07) is 27.0. The molecule has 0 saturated carbocycles. The molecule has 0 amide bonds. The summed E-state index contributed by atoms with van der Waals surface area (Å²) in [5.74, 6) is 1.18. The van der Waals surface area contributed by atoms with E-state index in [-0.39, 0.29) is 10.5 Å². The molecular weight excluding hydrogens is 383 g/mol. The van der Waals surface area contributed by atoms with Crippen LogP contribution in [0.3, 0.4) is 0 Å². The van der Waals surface area contributed by atoms with E-state index in [1.54, 1.807) is 0 Å². The molecule has 0 N–H and O–H groups in total. The van der Waals surface area contributed by atoms with Gasteiger partial charge in [-0.15, -0.1) is 0 Å². The SMILES string of the molecule is CC[s+]1c2ccccc2c2cc3ccc4ccccc4c3cc21.F[B-](F)(F)F. The van der Waals surface area contributed by atoms with E-state index in [0.29, 0.717) is 0 Å². The molecule has 4 aromatic carbocycles. The van der Waals surface area contributed by atoms with Gasteiger partial charge in [-0.1, -0.05) is 48.5 Å². The Bertz CT molecular complexity index is 1300. The largest absolute Gasteiger partial charge is 0.673 e. The fraction of sp³-hybridized carbons (Fsp3) is 0.0909. The van der Waals surface area contributed by atoms with Crippen LogP contribution in [0.25, 0.3) is 41.7 Å². The van der Waals surface area contributed by atoms with Crippen LogP contribution in [0.1, 0.15) is 6.92 Å². The predicted molar refractivity (Wildman–Crippen MR) is 115 cm³/mol. The Morgan fingerprint density at radius 3 is 1.96 bits per heavy atom. The zero-order valence-corrected chi connectivity index (χ0v) is 15.9. The van der Waals surface area contributed by atoms with Crippen molar-refractivity contribution in [3.05, 3.63) is 72.8 Å². The maximum atomic E-state index is 9.75. The van der Waals surface area contributed by atoms with Crippen molar-refractivity contribution in [2.45, 2.75) is 12.7 Å². The quantitative estimate of drug-likeness (QED) is 0.115. The maximum absolute atomic E-state index is 9.75. The fourth-order valence-electron chi connectivity index (χ4n) is 3.78. The Balaban J connectivity index is 0.000000346. The first kappa shape index (κ1) is 18.8. The minimum atomic E-state index is -6.00. The van der Waals surface area contributed by atoms with Crippen molar-refractivity contribution in [1.82, 2.24) is 0 Å². The van der Waals surface area contributed by atoms with Crippen LogP contribution in [0.4, 0.5) is 17.3 Å². The summed E-state index contributed by atoms with van der Waals surface area (Å²) in [6.45, 7) is 2.31. The van der Waals surface area contributed by atoms with Crippen LogP contribution < -0.4 is 0 Å². The van der Waals surface area contributed by atoms with Crippen molar-refractivity contribution < 1.29 is 17.3 Å². The zero-order chi connectivity index (χ0) is 19.9. The first-order valence-corrected chi connectivity index (χ1v) is 10.4. The molecule has 0 saturated heterocycles. The van der Waals surface area contributed by atoms with Crippen LogP contribution in [0.15, 0.2) is 72.8 Å². The van der Waals surface area contributed by atoms with Gasteiger partial charge in [0.2, 0.25) is 0 Å². The lowest BCUT2D eigenvalue weighted by Gasteiger charge is -2.03. The van der Waals surface area contributed by atoms with E-state index in [2.05, 4.69) is 79.7 Å². The number of rotatable bonds is 1. The zero-order valence-electron chi connectivity index (χ0n) is 15.1. The molecule has 0 aliphatic heterocycles. The van der Waals surface area contributed by atoms with Crippen LogP contribution in [-0.2, 0) is 5.75 Å². The first-order chi connectivity index (χ1) is 13.4. The minimum absolute atomic E-state index is 0.217. The Morgan fingerprint density at radius 2 is 1.25 bits per heavy atom. The summed E-state index contributed by atoms with van der Waals surface area (Å²) in [5.41, 5.74) is 0. The lowest BCUT2D eigenvalue weighted by Crippen LogP contribution is -2.02. The van der Waals surface area contributed by atoms with Gasteiger partial charge < -0.3 is 17.3 Å². The van der Waals surface area contributed by atoms with Gasteiger partial charge in [0.15, 0.2) is 9.40 Å². The van der Waals surface area contributed by atoms with Crippen molar-refractivity contribution in [2.24, 2.45) is 0 Å². The molecule has 28 heavy (non-hydrogen) atoms. The average molecular weight is 400 g/mol. The lowest BCUT2D eigenvalue weighted by molar-refractivity contribution is 0.368. The van der Waals surface area contributed by atoms with Crippen LogP contribution >= 0.6 is 10.5 Å². The summed E-state index contributed by atoms with van der Waals surface area (Å²) >= 11 is 0. The van der Waals surface area contributed by atoms with E-state index in [4.69, 9.17) is 0 Å². The van der Waals surface area contributed by atoms with Gasteiger partial charge in [-0.2, -0.15) is 0 Å². The highest BCUT2D eigenvalue weighted by molar-refractivity contribution is 7.42. The van der Waals surface area contributed by atoms with Gasteiger partial charge >= 0.3 is 7.25 Å². The van der Waals surface area contributed by atoms with Crippen LogP contribution in [0.5, 0.6) is 0 Å². The molecule has 142 valence electrons. The molecule has 1 atom stereocenters. The first-order valence-electron chi connectivity index (χ1n) is 9.00. The normalized spacial score (nSPS) is 12.5. The van der Waals surface area contributed by atoms with E-state index in [1.165, 1.54) is 47.5 Å². The molecule has 5 rings (SSSR count). The maximum Gasteiger partial charge on any atom is 0.673 e. The number of hydrogen-bond acceptors (Lipinski definition) is 0. The number of fused-ring (bicyclic) bond motifs is 6. The van der Waals surface area contributed by atoms with E-state index < -0.39 is 7.25 Å². The highest BCUT2D eigenvalue weighted by atomic mass is 32.2. The molecule has 0 radical (unpaired) electrons. The molecule has 1 unspecified atom stereocenters. The summed E-state index contributed by atoms with van der Waals surface area (Å²) in [4.78, 5) is 0. The van der Waals surface area contributed by atoms with Crippen LogP contribution in [0, 0.1) is 0 Å². The number of halogens is 4. The molecular formula is C22H17BF4S. The van der Waals surface area contributed by atoms with Crippen molar-refractivity contribution in [3.8, 4) is 0 Å². The predicted octanol–water partition coefficient (Wildman–Crippen LogP) is 8.37. The van der Waals surface area contributed by atoms with Crippen molar-refractivity contribution in [3.63, 3.8) is 0 Å². The molecule has 0 bridgehead atoms. The highest BCUT2D eigenvalue weighted by Crippen LogP contribution is 2.45. The fourth-order valence-corrected chi connectivity index (χ4v) is 6.02. The summed E-state index contributed by atoms with van der Waals surface area (Å²) in [7, 11) is -5.78. The number of aryl methyl sites for hydroxylation is 1. The second-order valence-corrected chi connectivity index (χ2v) is 8.77. The molecule has 0 aliphatic rings. The molecule has 1 aromatic heterocycles. The summed E-state index contributed by atoms with van der Waals surface area (Å²) in [6.07, 6.45) is 0. The Kier molecular flexibility index (Phi) is 4.75. The Hall–Kier alpha value is -2.60. The third kappa shape index (κ3) is 3.44. The average Bonchev–Trinajstić information content (AvgIpc) is 2.98. The molecule has 1 heterocycles. The van der Waals surface area contributed by atoms with Gasteiger partial charge in [-0.3, -0.25) is 0 Å². The van der Waals surface area contributed by atoms with E-state index in [9.17, 15) is 17.3 Å². The third-order valence-electron chi connectivity index (χ3n) is 4.84. The molecule has 5 aromatic rings. The van der Waals surface area contributed by atoms with Crippen LogP contribution in [0.2, 0.25) is 0 Å². The van der Waals surface area contributed by atoms with E-state index in [1.807, 2.05) is 0 Å². The van der Waals surface area contributed by atoms with Crippen molar-refractivity contribution in [2.75, 3.05) is 0 Å². The van der Waals surface area contributed by atoms with Gasteiger partial charge in [0.25, 0.3) is 0 Å². The second kappa shape index (κ2) is 7.10. The molecule has 0 fully saturated rings. The van der Waals surface area contributed by atoms with Gasteiger partial charge in [-0.25, -0.2) is 0 Å². The van der Waals surface area contributed by atoms with Crippen molar-refractivity contribution >= 4 is 59.4 Å².